The van der Waals surface area contributed by atoms with Crippen LogP contribution in [0.1, 0.15) is 52.2 Å². The van der Waals surface area contributed by atoms with Crippen LogP contribution in [0.3, 0.4) is 0 Å². The summed E-state index contributed by atoms with van der Waals surface area (Å²) in [5, 5.41) is 13.4. The van der Waals surface area contributed by atoms with Gasteiger partial charge in [0.25, 0.3) is 5.91 Å². The first-order valence-corrected chi connectivity index (χ1v) is 8.80. The zero-order chi connectivity index (χ0) is 18.7. The fourth-order valence-electron chi connectivity index (χ4n) is 3.38. The lowest BCUT2D eigenvalue weighted by molar-refractivity contribution is 0.0687. The smallest absolute Gasteiger partial charge is 0.339 e. The van der Waals surface area contributed by atoms with Gasteiger partial charge >= 0.3 is 5.97 Å². The molecule has 0 radical (unpaired) electrons. The second-order valence-electron chi connectivity index (χ2n) is 6.38. The minimum atomic E-state index is -0.962. The highest BCUT2D eigenvalue weighted by Gasteiger charge is 2.27. The number of piperidine rings is 1. The quantitative estimate of drug-likeness (QED) is 0.889. The molecule has 1 aromatic heterocycles. The van der Waals surface area contributed by atoms with E-state index in [0.29, 0.717) is 36.7 Å². The molecular weight excluding hydrogens is 334 g/mol. The van der Waals surface area contributed by atoms with Crippen LogP contribution in [-0.2, 0) is 0 Å². The molecule has 1 amide bonds. The van der Waals surface area contributed by atoms with Crippen molar-refractivity contribution in [2.75, 3.05) is 19.7 Å². The molecule has 138 valence electrons. The summed E-state index contributed by atoms with van der Waals surface area (Å²) in [6.07, 6.45) is 2.89. The Morgan fingerprint density at radius 3 is 2.65 bits per heavy atom. The number of benzene rings is 1. The van der Waals surface area contributed by atoms with Crippen molar-refractivity contribution < 1.29 is 19.4 Å². The van der Waals surface area contributed by atoms with Crippen molar-refractivity contribution in [1.29, 1.82) is 0 Å². The van der Waals surface area contributed by atoms with Crippen LogP contribution in [0.5, 0.6) is 5.75 Å². The molecule has 1 aromatic carbocycles. The van der Waals surface area contributed by atoms with E-state index >= 15 is 0 Å². The first-order valence-electron chi connectivity index (χ1n) is 8.80. The maximum Gasteiger partial charge on any atom is 0.339 e. The Bertz CT molecular complexity index is 807. The number of carbonyl (C=O) groups excluding carboxylic acids is 1. The van der Waals surface area contributed by atoms with Gasteiger partial charge in [-0.1, -0.05) is 6.07 Å². The minimum absolute atomic E-state index is 0.00610. The molecule has 2 aromatic rings. The van der Waals surface area contributed by atoms with E-state index in [1.165, 1.54) is 6.20 Å². The summed E-state index contributed by atoms with van der Waals surface area (Å²) < 4.78 is 7.24. The van der Waals surface area contributed by atoms with Crippen molar-refractivity contribution in [3.63, 3.8) is 0 Å². The fraction of sp³-hybridized carbons (Fsp3) is 0.421. The van der Waals surface area contributed by atoms with E-state index < -0.39 is 5.97 Å². The zero-order valence-electron chi connectivity index (χ0n) is 15.0. The van der Waals surface area contributed by atoms with Crippen LogP contribution in [-0.4, -0.2) is 51.4 Å². The van der Waals surface area contributed by atoms with E-state index in [-0.39, 0.29) is 17.5 Å². The Morgan fingerprint density at radius 1 is 1.31 bits per heavy atom. The Labute approximate surface area is 152 Å². The first kappa shape index (κ1) is 18.0. The minimum Gasteiger partial charge on any atom is -0.494 e. The second-order valence-corrected chi connectivity index (χ2v) is 6.38. The molecule has 0 atom stereocenters. The van der Waals surface area contributed by atoms with Crippen molar-refractivity contribution in [2.24, 2.45) is 0 Å². The van der Waals surface area contributed by atoms with Crippen molar-refractivity contribution in [2.45, 2.75) is 32.7 Å². The summed E-state index contributed by atoms with van der Waals surface area (Å²) >= 11 is 0. The third-order valence-corrected chi connectivity index (χ3v) is 4.76. The van der Waals surface area contributed by atoms with Gasteiger partial charge in [0.2, 0.25) is 0 Å². The monoisotopic (exact) mass is 357 g/mol. The first-order chi connectivity index (χ1) is 12.5. The number of ether oxygens (including phenoxy) is 1. The van der Waals surface area contributed by atoms with E-state index in [4.69, 9.17) is 9.84 Å². The number of rotatable bonds is 5. The summed E-state index contributed by atoms with van der Waals surface area (Å²) in [6.45, 7) is 5.47. The third kappa shape index (κ3) is 3.56. The van der Waals surface area contributed by atoms with Gasteiger partial charge in [-0.25, -0.2) is 4.79 Å². The summed E-state index contributed by atoms with van der Waals surface area (Å²) in [5.74, 6) is -0.273. The molecule has 0 aliphatic carbocycles. The van der Waals surface area contributed by atoms with E-state index in [1.54, 1.807) is 23.7 Å². The van der Waals surface area contributed by atoms with E-state index in [1.807, 2.05) is 24.0 Å². The molecule has 0 saturated carbocycles. The van der Waals surface area contributed by atoms with Gasteiger partial charge in [0.1, 0.15) is 11.3 Å². The molecule has 0 unspecified atom stereocenters. The van der Waals surface area contributed by atoms with Crippen LogP contribution in [0.15, 0.2) is 30.5 Å². The second kappa shape index (κ2) is 7.59. The van der Waals surface area contributed by atoms with Gasteiger partial charge in [0.05, 0.1) is 24.5 Å². The van der Waals surface area contributed by atoms with Gasteiger partial charge in [-0.05, 0) is 44.9 Å². The molecule has 2 heterocycles. The number of carbonyl (C=O) groups is 2. The van der Waals surface area contributed by atoms with Crippen molar-refractivity contribution >= 4 is 11.9 Å². The number of carboxylic acids is 1. The molecule has 1 saturated heterocycles. The molecule has 7 heteroatoms. The molecule has 1 fully saturated rings. The number of carboxylic acid groups (broad SMARTS) is 1. The largest absolute Gasteiger partial charge is 0.494 e. The fourth-order valence-corrected chi connectivity index (χ4v) is 3.38. The molecule has 1 aliphatic rings. The van der Waals surface area contributed by atoms with Crippen LogP contribution in [0.2, 0.25) is 0 Å². The van der Waals surface area contributed by atoms with Gasteiger partial charge in [-0.15, -0.1) is 0 Å². The average molecular weight is 357 g/mol. The summed E-state index contributed by atoms with van der Waals surface area (Å²) in [4.78, 5) is 25.7. The summed E-state index contributed by atoms with van der Waals surface area (Å²) in [5.41, 5.74) is 1.51. The summed E-state index contributed by atoms with van der Waals surface area (Å²) in [7, 11) is 0. The SMILES string of the molecule is CCOc1cccc(C(=O)N2CCC(n3ncc(C(=O)O)c3C)CC2)c1. The van der Waals surface area contributed by atoms with Crippen molar-refractivity contribution in [1.82, 2.24) is 14.7 Å². The highest BCUT2D eigenvalue weighted by Crippen LogP contribution is 2.26. The number of hydrogen-bond donors (Lipinski definition) is 1. The van der Waals surface area contributed by atoms with Crippen LogP contribution in [0.25, 0.3) is 0 Å². The highest BCUT2D eigenvalue weighted by atomic mass is 16.5. The molecule has 3 rings (SSSR count). The average Bonchev–Trinajstić information content (AvgIpc) is 3.03. The number of hydrogen-bond acceptors (Lipinski definition) is 4. The predicted molar refractivity (Wildman–Crippen MR) is 95.7 cm³/mol. The maximum atomic E-state index is 12.7. The number of likely N-dealkylation sites (tertiary alicyclic amines) is 1. The number of aromatic carboxylic acids is 1. The lowest BCUT2D eigenvalue weighted by Gasteiger charge is -2.32. The van der Waals surface area contributed by atoms with Crippen LogP contribution in [0.4, 0.5) is 0 Å². The lowest BCUT2D eigenvalue weighted by Crippen LogP contribution is -2.39. The molecule has 1 aliphatic heterocycles. The molecule has 26 heavy (non-hydrogen) atoms. The molecule has 1 N–H and O–H groups in total. The molecule has 0 bridgehead atoms. The van der Waals surface area contributed by atoms with Gasteiger partial charge in [0.15, 0.2) is 0 Å². The standard InChI is InChI=1S/C19H23N3O4/c1-3-26-16-6-4-5-14(11-16)18(23)21-9-7-15(8-10-21)22-13(2)17(12-20-22)19(24)25/h4-6,11-12,15H,3,7-10H2,1-2H3,(H,24,25). The normalized spacial score (nSPS) is 15.1. The van der Waals surface area contributed by atoms with Gasteiger partial charge in [-0.2, -0.15) is 5.10 Å². The van der Waals surface area contributed by atoms with Crippen molar-refractivity contribution in [3.8, 4) is 5.75 Å². The molecule has 7 nitrogen and oxygen atoms in total. The van der Waals surface area contributed by atoms with Crippen LogP contribution in [0, 0.1) is 6.92 Å². The van der Waals surface area contributed by atoms with E-state index in [9.17, 15) is 9.59 Å². The zero-order valence-corrected chi connectivity index (χ0v) is 15.0. The highest BCUT2D eigenvalue weighted by molar-refractivity contribution is 5.94. The van der Waals surface area contributed by atoms with Crippen LogP contribution < -0.4 is 4.74 Å². The molecule has 0 spiro atoms. The van der Waals surface area contributed by atoms with Gasteiger partial charge < -0.3 is 14.7 Å². The Balaban J connectivity index is 1.66. The Hall–Kier alpha value is -2.83. The predicted octanol–water partition coefficient (Wildman–Crippen LogP) is 2.77. The van der Waals surface area contributed by atoms with E-state index in [0.717, 1.165) is 12.8 Å². The number of nitrogens with zero attached hydrogens (tertiary/aromatic N) is 3. The van der Waals surface area contributed by atoms with Gasteiger partial charge in [-0.3, -0.25) is 9.48 Å². The van der Waals surface area contributed by atoms with E-state index in [2.05, 4.69) is 5.10 Å². The van der Waals surface area contributed by atoms with Crippen LogP contribution >= 0.6 is 0 Å². The third-order valence-electron chi connectivity index (χ3n) is 4.76. The lowest BCUT2D eigenvalue weighted by atomic mass is 10.0. The Morgan fingerprint density at radius 2 is 2.04 bits per heavy atom. The topological polar surface area (TPSA) is 84.7 Å². The number of aromatic nitrogens is 2. The van der Waals surface area contributed by atoms with Gasteiger partial charge in [0, 0.05) is 18.7 Å². The maximum absolute atomic E-state index is 12.7. The van der Waals surface area contributed by atoms with Crippen molar-refractivity contribution in [3.05, 3.63) is 47.3 Å². The number of amides is 1. The summed E-state index contributed by atoms with van der Waals surface area (Å²) in [6, 6.07) is 7.35. The molecular formula is C19H23N3O4. The Kier molecular flexibility index (Phi) is 5.25.